The first-order chi connectivity index (χ1) is 25.1. The summed E-state index contributed by atoms with van der Waals surface area (Å²) in [6, 6.07) is 51.5. The molecule has 0 aliphatic rings. The average Bonchev–Trinajstić information content (AvgIpc) is 3.69. The van der Waals surface area contributed by atoms with Crippen LogP contribution >= 0.6 is 0 Å². The molecule has 0 amide bonds. The van der Waals surface area contributed by atoms with Crippen molar-refractivity contribution < 1.29 is 0 Å². The maximum absolute atomic E-state index is 10.6. The third kappa shape index (κ3) is 4.91. The van der Waals surface area contributed by atoms with Crippen molar-refractivity contribution in [1.82, 2.24) is 9.13 Å². The standard InChI is InChI=1S/C46H29N5/c1-3-12-37(38-18-11-13-33(29-49)46(38)51-41-19-9-7-16-35(41)36-17-8-10-20-42(36)51)45(30(2)27-47)32-22-24-44-40(26-32)39-25-31(28-48)21-23-43(39)50(44)34-14-5-4-6-15-34/h3-26H,1H2,2H3/b37-12-,45-30+. The lowest BCUT2D eigenvalue weighted by Crippen LogP contribution is -2.05. The monoisotopic (exact) mass is 651 g/mol. The Kier molecular flexibility index (Phi) is 7.62. The molecule has 0 unspecified atom stereocenters. The summed E-state index contributed by atoms with van der Waals surface area (Å²) in [5.74, 6) is 0. The molecule has 5 nitrogen and oxygen atoms in total. The first-order valence-electron chi connectivity index (χ1n) is 16.6. The predicted octanol–water partition coefficient (Wildman–Crippen LogP) is 11.2. The number of hydrogen-bond donors (Lipinski definition) is 0. The number of para-hydroxylation sites is 4. The molecule has 0 saturated carbocycles. The topological polar surface area (TPSA) is 81.2 Å². The summed E-state index contributed by atoms with van der Waals surface area (Å²) in [7, 11) is 0. The molecule has 0 aliphatic carbocycles. The van der Waals surface area contributed by atoms with Crippen LogP contribution in [0.3, 0.4) is 0 Å². The van der Waals surface area contributed by atoms with Crippen molar-refractivity contribution >= 4 is 54.8 Å². The fraction of sp³-hybridized carbons (Fsp3) is 0.0217. The van der Waals surface area contributed by atoms with Crippen molar-refractivity contribution in [2.24, 2.45) is 0 Å². The van der Waals surface area contributed by atoms with E-state index < -0.39 is 0 Å². The van der Waals surface area contributed by atoms with Gasteiger partial charge < -0.3 is 9.13 Å². The maximum Gasteiger partial charge on any atom is 0.101 e. The third-order valence-electron chi connectivity index (χ3n) is 9.54. The minimum Gasteiger partial charge on any atom is -0.309 e. The molecule has 0 fully saturated rings. The summed E-state index contributed by atoms with van der Waals surface area (Å²) in [4.78, 5) is 0. The Morgan fingerprint density at radius 1 is 0.608 bits per heavy atom. The van der Waals surface area contributed by atoms with Crippen LogP contribution in [-0.2, 0) is 0 Å². The van der Waals surface area contributed by atoms with Gasteiger partial charge in [0.2, 0.25) is 0 Å². The number of allylic oxidation sites excluding steroid dienone is 5. The smallest absolute Gasteiger partial charge is 0.101 e. The molecule has 6 aromatic carbocycles. The van der Waals surface area contributed by atoms with Crippen LogP contribution in [0.4, 0.5) is 0 Å². The summed E-state index contributed by atoms with van der Waals surface area (Å²) in [5, 5.41) is 35.0. The van der Waals surface area contributed by atoms with Crippen molar-refractivity contribution in [1.29, 1.82) is 15.8 Å². The molecule has 51 heavy (non-hydrogen) atoms. The van der Waals surface area contributed by atoms with E-state index in [1.807, 2.05) is 97.9 Å². The summed E-state index contributed by atoms with van der Waals surface area (Å²) in [6.45, 7) is 5.91. The highest BCUT2D eigenvalue weighted by molar-refractivity contribution is 6.15. The molecule has 0 N–H and O–H groups in total. The van der Waals surface area contributed by atoms with Crippen LogP contribution < -0.4 is 0 Å². The van der Waals surface area contributed by atoms with E-state index in [9.17, 15) is 15.8 Å². The van der Waals surface area contributed by atoms with Gasteiger partial charge in [-0.2, -0.15) is 15.8 Å². The van der Waals surface area contributed by atoms with Gasteiger partial charge in [0.15, 0.2) is 0 Å². The Hall–Kier alpha value is -7.39. The van der Waals surface area contributed by atoms with Crippen molar-refractivity contribution in [3.8, 4) is 29.6 Å². The molecule has 0 aliphatic heterocycles. The van der Waals surface area contributed by atoms with E-state index in [4.69, 9.17) is 0 Å². The van der Waals surface area contributed by atoms with Gasteiger partial charge in [-0.3, -0.25) is 0 Å². The molecular formula is C46H29N5. The molecule has 2 heterocycles. The highest BCUT2D eigenvalue weighted by Crippen LogP contribution is 2.43. The van der Waals surface area contributed by atoms with Crippen molar-refractivity contribution in [2.75, 3.05) is 0 Å². The Balaban J connectivity index is 1.43. The van der Waals surface area contributed by atoms with E-state index in [1.54, 1.807) is 6.08 Å². The Morgan fingerprint density at radius 3 is 1.88 bits per heavy atom. The first-order valence-corrected chi connectivity index (χ1v) is 16.6. The molecule has 8 rings (SSSR count). The zero-order valence-electron chi connectivity index (χ0n) is 27.8. The van der Waals surface area contributed by atoms with Crippen LogP contribution in [0, 0.1) is 34.0 Å². The van der Waals surface area contributed by atoms with Gasteiger partial charge in [-0.05, 0) is 78.7 Å². The van der Waals surface area contributed by atoms with Crippen LogP contribution in [0.2, 0.25) is 0 Å². The third-order valence-corrected chi connectivity index (χ3v) is 9.54. The van der Waals surface area contributed by atoms with Gasteiger partial charge in [-0.1, -0.05) is 91.5 Å². The zero-order chi connectivity index (χ0) is 35.1. The Morgan fingerprint density at radius 2 is 1.24 bits per heavy atom. The van der Waals surface area contributed by atoms with Crippen LogP contribution in [0.5, 0.6) is 0 Å². The minimum atomic E-state index is 0.508. The minimum absolute atomic E-state index is 0.508. The SMILES string of the molecule is C=C/C=C(\C(=C(/C)C#N)c1ccc2c(c1)c1cc(C#N)ccc1n2-c1ccccc1)c1cccc(C#N)c1-n1c2ccccc2c2ccccc21. The fourth-order valence-electron chi connectivity index (χ4n) is 7.41. The summed E-state index contributed by atoms with van der Waals surface area (Å²) >= 11 is 0. The number of benzene rings is 6. The van der Waals surface area contributed by atoms with E-state index in [2.05, 4.69) is 82.5 Å². The highest BCUT2D eigenvalue weighted by Gasteiger charge is 2.24. The van der Waals surface area contributed by atoms with E-state index in [-0.39, 0.29) is 0 Å². The number of nitrogens with zero attached hydrogens (tertiary/aromatic N) is 5. The molecular weight excluding hydrogens is 623 g/mol. The molecule has 5 heteroatoms. The largest absolute Gasteiger partial charge is 0.309 e. The summed E-state index contributed by atoms with van der Waals surface area (Å²) < 4.78 is 4.36. The van der Waals surface area contributed by atoms with E-state index in [1.165, 1.54) is 0 Å². The predicted molar refractivity (Wildman–Crippen MR) is 207 cm³/mol. The zero-order valence-corrected chi connectivity index (χ0v) is 27.8. The van der Waals surface area contributed by atoms with E-state index >= 15 is 0 Å². The second-order valence-electron chi connectivity index (χ2n) is 12.4. The van der Waals surface area contributed by atoms with Crippen LogP contribution in [0.1, 0.15) is 29.2 Å². The van der Waals surface area contributed by atoms with Crippen LogP contribution in [0.25, 0.3) is 66.1 Å². The maximum atomic E-state index is 10.6. The molecule has 0 spiro atoms. The number of rotatable bonds is 6. The lowest BCUT2D eigenvalue weighted by atomic mass is 9.86. The van der Waals surface area contributed by atoms with Gasteiger partial charge >= 0.3 is 0 Å². The van der Waals surface area contributed by atoms with Crippen molar-refractivity contribution in [2.45, 2.75) is 6.92 Å². The quantitative estimate of drug-likeness (QED) is 0.132. The van der Waals surface area contributed by atoms with Crippen molar-refractivity contribution in [3.63, 3.8) is 0 Å². The average molecular weight is 652 g/mol. The van der Waals surface area contributed by atoms with Crippen LogP contribution in [-0.4, -0.2) is 9.13 Å². The number of nitriles is 3. The highest BCUT2D eigenvalue weighted by atomic mass is 15.0. The van der Waals surface area contributed by atoms with Gasteiger partial charge in [0, 0.05) is 43.9 Å². The molecule has 0 saturated heterocycles. The molecule has 2 aromatic heterocycles. The normalized spacial score (nSPS) is 12.1. The summed E-state index contributed by atoms with van der Waals surface area (Å²) in [6.07, 6.45) is 3.66. The second-order valence-corrected chi connectivity index (χ2v) is 12.4. The van der Waals surface area contributed by atoms with Gasteiger partial charge in [-0.15, -0.1) is 0 Å². The van der Waals surface area contributed by atoms with Gasteiger partial charge in [-0.25, -0.2) is 0 Å². The lowest BCUT2D eigenvalue weighted by Gasteiger charge is -2.21. The second kappa shape index (κ2) is 12.6. The molecule has 8 aromatic rings. The Labute approximate surface area is 295 Å². The van der Waals surface area contributed by atoms with Gasteiger partial charge in [0.25, 0.3) is 0 Å². The molecule has 0 radical (unpaired) electrons. The summed E-state index contributed by atoms with van der Waals surface area (Å²) in [5.41, 5.74) is 10.4. The number of hydrogen-bond acceptors (Lipinski definition) is 3. The molecule has 0 bridgehead atoms. The first kappa shape index (κ1) is 30.9. The number of fused-ring (bicyclic) bond motifs is 6. The lowest BCUT2D eigenvalue weighted by molar-refractivity contribution is 1.16. The Bertz CT molecular complexity index is 2860. The van der Waals surface area contributed by atoms with Gasteiger partial charge in [0.05, 0.1) is 51.0 Å². The van der Waals surface area contributed by atoms with E-state index in [0.29, 0.717) is 16.7 Å². The van der Waals surface area contributed by atoms with Gasteiger partial charge in [0.1, 0.15) is 6.07 Å². The van der Waals surface area contributed by atoms with E-state index in [0.717, 1.165) is 77.3 Å². The molecule has 0 atom stereocenters. The fourth-order valence-corrected chi connectivity index (χ4v) is 7.41. The van der Waals surface area contributed by atoms with Crippen LogP contribution in [0.15, 0.2) is 158 Å². The van der Waals surface area contributed by atoms with Crippen molar-refractivity contribution in [3.05, 3.63) is 180 Å². The molecule has 238 valence electrons. The number of aromatic nitrogens is 2.